The largest absolute Gasteiger partial charge is 0.348 e. The van der Waals surface area contributed by atoms with Crippen LogP contribution in [0.3, 0.4) is 0 Å². The highest BCUT2D eigenvalue weighted by molar-refractivity contribution is 5.87. The average molecular weight is 569 g/mol. The third-order valence-corrected chi connectivity index (χ3v) is 8.55. The Hall–Kier alpha value is -2.66. The summed E-state index contributed by atoms with van der Waals surface area (Å²) < 4.78 is 0. The summed E-state index contributed by atoms with van der Waals surface area (Å²) in [7, 11) is 0. The fourth-order valence-corrected chi connectivity index (χ4v) is 6.01. The molecule has 2 nitrogen and oxygen atoms in total. The third-order valence-electron chi connectivity index (χ3n) is 8.55. The van der Waals surface area contributed by atoms with Gasteiger partial charge in [0.25, 0.3) is 0 Å². The van der Waals surface area contributed by atoms with Crippen molar-refractivity contribution in [3.05, 3.63) is 86.5 Å². The molecule has 0 spiro atoms. The lowest BCUT2D eigenvalue weighted by Crippen LogP contribution is -2.04. The molecule has 0 aromatic heterocycles. The molecule has 0 aliphatic rings. The van der Waals surface area contributed by atoms with E-state index in [2.05, 4.69) is 88.6 Å². The number of aryl methyl sites for hydroxylation is 4. The molecule has 0 N–H and O–H groups in total. The van der Waals surface area contributed by atoms with Crippen molar-refractivity contribution in [1.82, 2.24) is 0 Å². The van der Waals surface area contributed by atoms with Crippen molar-refractivity contribution in [2.45, 2.75) is 157 Å². The van der Waals surface area contributed by atoms with Gasteiger partial charge in [-0.2, -0.15) is 0 Å². The smallest absolute Gasteiger partial charge is 0.303 e. The fraction of sp³-hybridized carbons (Fsp3) is 0.600. The van der Waals surface area contributed by atoms with Gasteiger partial charge in [0, 0.05) is 0 Å². The maximum absolute atomic E-state index is 9.74. The summed E-state index contributed by atoms with van der Waals surface area (Å²) in [6, 6.07) is 14.7. The molecule has 0 aliphatic heterocycles. The second-order valence-electron chi connectivity index (χ2n) is 12.2. The number of rotatable bonds is 21. The first kappa shape index (κ1) is 35.5. The van der Waals surface area contributed by atoms with Gasteiger partial charge in [0.05, 0.1) is 5.57 Å². The molecular formula is C40H60N2. The summed E-state index contributed by atoms with van der Waals surface area (Å²) in [5.74, 6) is 3.07. The van der Waals surface area contributed by atoms with E-state index in [1.165, 1.54) is 95.9 Å². The molecule has 0 amide bonds. The molecule has 0 unspecified atom stereocenters. The predicted molar refractivity (Wildman–Crippen MR) is 185 cm³/mol. The summed E-state index contributed by atoms with van der Waals surface area (Å²) in [4.78, 5) is 3.48. The molecule has 0 fully saturated rings. The Labute approximate surface area is 259 Å². The highest BCUT2D eigenvalue weighted by atomic mass is 14.8. The molecule has 2 rings (SSSR count). The van der Waals surface area contributed by atoms with E-state index < -0.39 is 0 Å². The van der Waals surface area contributed by atoms with Crippen molar-refractivity contribution in [3.8, 4) is 0 Å². The maximum Gasteiger partial charge on any atom is 0.303 e. The summed E-state index contributed by atoms with van der Waals surface area (Å²) in [5.41, 5.74) is 21.8. The Kier molecular flexibility index (Phi) is 17.8. The first-order valence-electron chi connectivity index (χ1n) is 17.5. The number of hydrogen-bond acceptors (Lipinski definition) is 0. The van der Waals surface area contributed by atoms with Gasteiger partial charge in [-0.3, -0.25) is 0 Å². The minimum Gasteiger partial charge on any atom is -0.348 e. The maximum atomic E-state index is 9.74. The van der Waals surface area contributed by atoms with Crippen molar-refractivity contribution in [1.29, 1.82) is 0 Å². The van der Waals surface area contributed by atoms with Crippen LogP contribution in [0.15, 0.2) is 47.5 Å². The molecule has 0 saturated carbocycles. The molecule has 2 aromatic rings. The van der Waals surface area contributed by atoms with E-state index in [0.717, 1.165) is 69.8 Å². The normalized spacial score (nSPS) is 11.7. The number of unbranched alkanes of at least 4 members (excludes halogenated alkanes) is 8. The van der Waals surface area contributed by atoms with Crippen LogP contribution < -0.4 is 0 Å². The monoisotopic (exact) mass is 568 g/mol. The van der Waals surface area contributed by atoms with E-state index in [4.69, 9.17) is 0 Å². The van der Waals surface area contributed by atoms with Gasteiger partial charge in [-0.25, -0.2) is 0 Å². The average Bonchev–Trinajstić information content (AvgIpc) is 3.01. The minimum absolute atomic E-state index is 0.887. The van der Waals surface area contributed by atoms with Crippen molar-refractivity contribution in [2.24, 2.45) is 0 Å². The first-order valence-corrected chi connectivity index (χ1v) is 17.5. The summed E-state index contributed by atoms with van der Waals surface area (Å²) in [6.07, 6.45) is 20.8. The third kappa shape index (κ3) is 11.9. The van der Waals surface area contributed by atoms with E-state index >= 15 is 0 Å². The fourth-order valence-electron chi connectivity index (χ4n) is 6.01. The van der Waals surface area contributed by atoms with Crippen molar-refractivity contribution < 1.29 is 4.79 Å². The van der Waals surface area contributed by atoms with Crippen LogP contribution in [0.2, 0.25) is 0 Å². The second kappa shape index (κ2) is 21.1. The Bertz CT molecular complexity index is 1140. The molecular weight excluding hydrogens is 508 g/mol. The second-order valence-corrected chi connectivity index (χ2v) is 12.2. The van der Waals surface area contributed by atoms with Gasteiger partial charge in [-0.05, 0) is 109 Å². The van der Waals surface area contributed by atoms with E-state index in [-0.39, 0.29) is 0 Å². The van der Waals surface area contributed by atoms with Crippen LogP contribution in [-0.2, 0) is 25.7 Å². The zero-order valence-corrected chi connectivity index (χ0v) is 28.1. The lowest BCUT2D eigenvalue weighted by molar-refractivity contribution is 0.00739. The standard InChI is InChI=1S/C40H60N2/c1-7-13-17-19-21-34-26-35(22-20-18-14-8-2)30-38(29-34)40(37-27-32(11-5)25-33(12-6)28-37)39(24-16-10-4)36(31-42-41)23-15-9-3/h25-30H,7-24H2,1-6H3. The van der Waals surface area contributed by atoms with Crippen molar-refractivity contribution in [2.75, 3.05) is 0 Å². The lowest BCUT2D eigenvalue weighted by Gasteiger charge is -2.20. The van der Waals surface area contributed by atoms with Crippen molar-refractivity contribution >= 4 is 11.4 Å². The van der Waals surface area contributed by atoms with Gasteiger partial charge in [0.1, 0.15) is 0 Å². The molecule has 0 aliphatic carbocycles. The van der Waals surface area contributed by atoms with Gasteiger partial charge in [-0.15, -0.1) is 4.79 Å². The Morgan fingerprint density at radius 3 is 1.45 bits per heavy atom. The van der Waals surface area contributed by atoms with Crippen LogP contribution in [-0.4, -0.2) is 10.7 Å². The molecule has 0 radical (unpaired) electrons. The topological polar surface area (TPSA) is 36.4 Å². The highest BCUT2D eigenvalue weighted by Gasteiger charge is 2.20. The van der Waals surface area contributed by atoms with Gasteiger partial charge < -0.3 is 5.53 Å². The van der Waals surface area contributed by atoms with Crippen LogP contribution in [0.25, 0.3) is 11.1 Å². The molecule has 0 heterocycles. The lowest BCUT2D eigenvalue weighted by atomic mass is 9.83. The molecule has 0 bridgehead atoms. The molecule has 42 heavy (non-hydrogen) atoms. The summed E-state index contributed by atoms with van der Waals surface area (Å²) in [5, 5.41) is 0. The summed E-state index contributed by atoms with van der Waals surface area (Å²) >= 11 is 0. The molecule has 2 aromatic carbocycles. The predicted octanol–water partition coefficient (Wildman–Crippen LogP) is 12.1. The van der Waals surface area contributed by atoms with E-state index in [0.29, 0.717) is 0 Å². The van der Waals surface area contributed by atoms with Gasteiger partial charge >= 0.3 is 5.87 Å². The Morgan fingerprint density at radius 2 is 1.00 bits per heavy atom. The van der Waals surface area contributed by atoms with Gasteiger partial charge in [0.2, 0.25) is 0 Å². The SMILES string of the molecule is CCCCCCc1cc(CCCCCC)cc(C(=C(CCCC)C(=C=[N+]=[N-])CCCC)c2cc(CC)cc(CC)c2)c1. The molecule has 230 valence electrons. The highest BCUT2D eigenvalue weighted by Crippen LogP contribution is 2.37. The quantitative estimate of drug-likeness (QED) is 0.0472. The minimum atomic E-state index is 0.887. The van der Waals surface area contributed by atoms with E-state index in [1.807, 2.05) is 0 Å². The van der Waals surface area contributed by atoms with Crippen LogP contribution in [0.4, 0.5) is 0 Å². The molecule has 2 heteroatoms. The molecule has 0 atom stereocenters. The van der Waals surface area contributed by atoms with E-state index in [9.17, 15) is 5.53 Å². The van der Waals surface area contributed by atoms with E-state index in [1.54, 1.807) is 0 Å². The van der Waals surface area contributed by atoms with Crippen molar-refractivity contribution in [3.63, 3.8) is 0 Å². The van der Waals surface area contributed by atoms with Crippen LogP contribution >= 0.6 is 0 Å². The first-order chi connectivity index (χ1) is 20.5. The zero-order chi connectivity index (χ0) is 30.6. The molecule has 0 saturated heterocycles. The van der Waals surface area contributed by atoms with Crippen LogP contribution in [0.5, 0.6) is 0 Å². The number of benzene rings is 2. The Balaban J connectivity index is 2.90. The van der Waals surface area contributed by atoms with Gasteiger partial charge in [-0.1, -0.05) is 129 Å². The number of nitrogens with zero attached hydrogens (tertiary/aromatic N) is 2. The van der Waals surface area contributed by atoms with Crippen LogP contribution in [0, 0.1) is 0 Å². The number of allylic oxidation sites excluding steroid dienone is 2. The number of hydrogen-bond donors (Lipinski definition) is 0. The Morgan fingerprint density at radius 1 is 0.548 bits per heavy atom. The summed E-state index contributed by atoms with van der Waals surface area (Å²) in [6.45, 7) is 13.6. The van der Waals surface area contributed by atoms with Gasteiger partial charge in [0.15, 0.2) is 0 Å². The zero-order valence-electron chi connectivity index (χ0n) is 28.1. The van der Waals surface area contributed by atoms with Crippen LogP contribution in [0.1, 0.15) is 165 Å².